The van der Waals surface area contributed by atoms with Crippen LogP contribution in [0, 0.1) is 11.8 Å². The quantitative estimate of drug-likeness (QED) is 0.133. The highest BCUT2D eigenvalue weighted by Crippen LogP contribution is 2.39. The molecule has 7 nitrogen and oxygen atoms in total. The monoisotopic (exact) mass is 708 g/mol. The van der Waals surface area contributed by atoms with E-state index in [9.17, 15) is 9.90 Å². The molecule has 1 aliphatic carbocycles. The fourth-order valence-corrected chi connectivity index (χ4v) is 7.70. The fraction of sp³-hybridized carbons (Fsp3) is 0.475. The highest BCUT2D eigenvalue weighted by Gasteiger charge is 2.34. The fourth-order valence-electron chi connectivity index (χ4n) is 6.93. The molecule has 9 heteroatoms. The molecule has 49 heavy (non-hydrogen) atoms. The van der Waals surface area contributed by atoms with Crippen molar-refractivity contribution in [2.24, 2.45) is 11.8 Å². The third-order valence-corrected chi connectivity index (χ3v) is 10.8. The number of likely N-dealkylation sites (tertiary alicyclic amines) is 1. The third kappa shape index (κ3) is 10.5. The van der Waals surface area contributed by atoms with E-state index < -0.39 is 6.10 Å². The summed E-state index contributed by atoms with van der Waals surface area (Å²) in [6, 6.07) is 22.7. The molecule has 0 bridgehead atoms. The molecule has 1 fully saturated rings. The zero-order chi connectivity index (χ0) is 33.9. The Morgan fingerprint density at radius 2 is 1.67 bits per heavy atom. The first kappa shape index (κ1) is 38.8. The largest absolute Gasteiger partial charge is 0.493 e. The molecular formula is C40H53ClN2O5S. The van der Waals surface area contributed by atoms with Gasteiger partial charge in [0.1, 0.15) is 6.10 Å². The minimum atomic E-state index is -0.545. The second-order valence-corrected chi connectivity index (χ2v) is 13.9. The summed E-state index contributed by atoms with van der Waals surface area (Å²) in [6.07, 6.45) is 3.64. The first-order chi connectivity index (χ1) is 23.4. The summed E-state index contributed by atoms with van der Waals surface area (Å²) in [5.41, 5.74) is 4.24. The third-order valence-electron chi connectivity index (χ3n) is 9.87. The van der Waals surface area contributed by atoms with E-state index in [1.165, 1.54) is 28.5 Å². The molecule has 1 N–H and O–H groups in total. The van der Waals surface area contributed by atoms with Gasteiger partial charge in [-0.2, -0.15) is 0 Å². The molecule has 1 saturated heterocycles. The van der Waals surface area contributed by atoms with Crippen LogP contribution in [0.3, 0.4) is 0 Å². The number of hydrogen-bond acceptors (Lipinski definition) is 8. The lowest BCUT2D eigenvalue weighted by Crippen LogP contribution is -2.34. The number of fused-ring (bicyclic) bond motifs is 2. The average molecular weight is 709 g/mol. The van der Waals surface area contributed by atoms with Crippen LogP contribution in [0.4, 0.5) is 0 Å². The van der Waals surface area contributed by atoms with Gasteiger partial charge < -0.3 is 24.2 Å². The number of methoxy groups -OCH3 is 2. The zero-order valence-corrected chi connectivity index (χ0v) is 31.1. The number of benzene rings is 3. The molecule has 6 rings (SSSR count). The molecular weight excluding hydrogens is 656 g/mol. The molecule has 2 atom stereocenters. The Bertz CT molecular complexity index is 1590. The van der Waals surface area contributed by atoms with Crippen molar-refractivity contribution < 1.29 is 24.1 Å². The van der Waals surface area contributed by atoms with Gasteiger partial charge in [-0.3, -0.25) is 9.69 Å². The number of ether oxygens (including phenoxy) is 3. The van der Waals surface area contributed by atoms with E-state index in [1.807, 2.05) is 24.3 Å². The highest BCUT2D eigenvalue weighted by molar-refractivity contribution is 7.17. The van der Waals surface area contributed by atoms with Crippen molar-refractivity contribution in [3.8, 4) is 11.5 Å². The number of carbonyl (C=O) groups excluding carboxylic acids is 1. The van der Waals surface area contributed by atoms with Gasteiger partial charge in [0.05, 0.1) is 27.4 Å². The molecule has 4 aromatic rings. The number of halogens is 1. The van der Waals surface area contributed by atoms with Crippen LogP contribution in [0.5, 0.6) is 11.5 Å². The predicted octanol–water partition coefficient (Wildman–Crippen LogP) is 8.08. The van der Waals surface area contributed by atoms with E-state index in [1.54, 1.807) is 25.6 Å². The maximum atomic E-state index is 12.9. The van der Waals surface area contributed by atoms with Crippen LogP contribution in [0.25, 0.3) is 10.1 Å². The average Bonchev–Trinajstić information content (AvgIpc) is 3.72. The van der Waals surface area contributed by atoms with Crippen molar-refractivity contribution >= 4 is 39.6 Å². The molecule has 0 radical (unpaired) electrons. The van der Waals surface area contributed by atoms with Crippen molar-refractivity contribution in [1.82, 2.24) is 9.80 Å². The van der Waals surface area contributed by atoms with Crippen molar-refractivity contribution in [1.29, 1.82) is 0 Å². The van der Waals surface area contributed by atoms with Gasteiger partial charge in [0.25, 0.3) is 0 Å². The minimum Gasteiger partial charge on any atom is -0.493 e. The molecule has 1 aromatic heterocycles. The number of carbonyl (C=O) groups is 1. The summed E-state index contributed by atoms with van der Waals surface area (Å²) in [4.78, 5) is 17.8. The first-order valence-electron chi connectivity index (χ1n) is 17.4. The van der Waals surface area contributed by atoms with E-state index in [0.29, 0.717) is 30.6 Å². The van der Waals surface area contributed by atoms with Gasteiger partial charge in [-0.05, 0) is 116 Å². The number of rotatable bonds is 14. The van der Waals surface area contributed by atoms with Crippen LogP contribution in [0.2, 0.25) is 0 Å². The number of hydrogen-bond donors (Lipinski definition) is 1. The molecule has 0 amide bonds. The van der Waals surface area contributed by atoms with Gasteiger partial charge in [0, 0.05) is 29.3 Å². The summed E-state index contributed by atoms with van der Waals surface area (Å²) in [7, 11) is 3.26. The van der Waals surface area contributed by atoms with E-state index in [0.717, 1.165) is 68.8 Å². The predicted molar refractivity (Wildman–Crippen MR) is 203 cm³/mol. The summed E-state index contributed by atoms with van der Waals surface area (Å²) in [5, 5.41) is 13.4. The maximum absolute atomic E-state index is 12.9. The van der Waals surface area contributed by atoms with Crippen molar-refractivity contribution in [2.45, 2.75) is 52.2 Å². The second-order valence-electron chi connectivity index (χ2n) is 12.9. The van der Waals surface area contributed by atoms with Gasteiger partial charge in [0.15, 0.2) is 17.3 Å². The molecule has 266 valence electrons. The smallest absolute Gasteiger partial charge is 0.166 e. The summed E-state index contributed by atoms with van der Waals surface area (Å²) >= 11 is 1.72. The van der Waals surface area contributed by atoms with Gasteiger partial charge in [-0.1, -0.05) is 50.2 Å². The number of Topliss-reactive ketones (excluding diaryl/α,β-unsaturated/α-hetero) is 1. The van der Waals surface area contributed by atoms with Crippen molar-refractivity contribution in [2.75, 3.05) is 60.2 Å². The Labute approximate surface area is 302 Å². The molecule has 0 spiro atoms. The second kappa shape index (κ2) is 19.4. The Kier molecular flexibility index (Phi) is 15.4. The maximum Gasteiger partial charge on any atom is 0.166 e. The number of likely N-dealkylation sites (N-methyl/N-ethyl adjacent to an activating group) is 1. The Hall–Kier alpha value is -2.98. The Balaban J connectivity index is 0.000000229. The van der Waals surface area contributed by atoms with Gasteiger partial charge in [0.2, 0.25) is 0 Å². The van der Waals surface area contributed by atoms with Crippen LogP contribution in [0.15, 0.2) is 72.1 Å². The molecule has 2 aliphatic rings. The number of aliphatic hydroxyl groups excluding tert-OH is 1. The van der Waals surface area contributed by atoms with E-state index in [4.69, 9.17) is 14.2 Å². The summed E-state index contributed by atoms with van der Waals surface area (Å²) < 4.78 is 17.6. The van der Waals surface area contributed by atoms with Crippen LogP contribution in [-0.4, -0.2) is 80.8 Å². The van der Waals surface area contributed by atoms with Gasteiger partial charge >= 0.3 is 0 Å². The van der Waals surface area contributed by atoms with E-state index in [-0.39, 0.29) is 24.1 Å². The van der Waals surface area contributed by atoms with Crippen molar-refractivity contribution in [3.63, 3.8) is 0 Å². The number of nitrogens with zero attached hydrogens (tertiary/aromatic N) is 2. The SMILES string of the molecule is CCN(CC)CCOC[C@H](O)c1ccc2sccc2c1.COc1cc2c(cc1OC)C(=O)C(CC1CCN(Cc3ccccc3)CC1)C2.Cl. The lowest BCUT2D eigenvalue weighted by Gasteiger charge is -2.32. The first-order valence-corrected chi connectivity index (χ1v) is 18.3. The summed E-state index contributed by atoms with van der Waals surface area (Å²) in [6.45, 7) is 11.6. The van der Waals surface area contributed by atoms with Crippen LogP contribution in [0.1, 0.15) is 66.3 Å². The zero-order valence-electron chi connectivity index (χ0n) is 29.4. The molecule has 2 heterocycles. The van der Waals surface area contributed by atoms with E-state index >= 15 is 0 Å². The Morgan fingerprint density at radius 1 is 0.959 bits per heavy atom. The minimum absolute atomic E-state index is 0. The lowest BCUT2D eigenvalue weighted by atomic mass is 9.85. The number of thiophene rings is 1. The molecule has 3 aromatic carbocycles. The Morgan fingerprint density at radius 3 is 2.37 bits per heavy atom. The molecule has 1 unspecified atom stereocenters. The van der Waals surface area contributed by atoms with E-state index in [2.05, 4.69) is 71.5 Å². The normalized spacial score (nSPS) is 16.9. The standard InChI is InChI=1S/C24H29NO3.C16H23NO2S.ClH/c1-27-22-14-19-13-20(24(26)21(19)15-23(22)28-2)12-17-8-10-25(11-9-17)16-18-6-4-3-5-7-18;1-3-17(4-2)8-9-19-12-15(18)13-5-6-16-14(11-13)7-10-20-16;/h3-7,14-15,17,20H,8-13,16H2,1-2H3;5-7,10-11,15,18H,3-4,8-9,12H2,1-2H3;1H/t;15-;/m.0./s1. The topological polar surface area (TPSA) is 71.5 Å². The molecule has 1 aliphatic heterocycles. The van der Waals surface area contributed by atoms with Crippen LogP contribution >= 0.6 is 23.7 Å². The van der Waals surface area contributed by atoms with Crippen molar-refractivity contribution in [3.05, 3.63) is 94.4 Å². The highest BCUT2D eigenvalue weighted by atomic mass is 35.5. The van der Waals surface area contributed by atoms with Crippen LogP contribution < -0.4 is 9.47 Å². The molecule has 0 saturated carbocycles. The number of ketones is 1. The summed E-state index contributed by atoms with van der Waals surface area (Å²) in [5.74, 6) is 2.38. The van der Waals surface area contributed by atoms with Gasteiger partial charge in [-0.25, -0.2) is 0 Å². The number of aliphatic hydroxyl groups is 1. The lowest BCUT2D eigenvalue weighted by molar-refractivity contribution is 0.0274. The van der Waals surface area contributed by atoms with Gasteiger partial charge in [-0.15, -0.1) is 23.7 Å². The van der Waals surface area contributed by atoms with Crippen LogP contribution in [-0.2, 0) is 17.7 Å². The number of piperidine rings is 1.